The Morgan fingerprint density at radius 2 is 2.00 bits per heavy atom. The summed E-state index contributed by atoms with van der Waals surface area (Å²) in [6.45, 7) is 0. The molecule has 0 saturated heterocycles. The second-order valence-corrected chi connectivity index (χ2v) is 6.98. The van der Waals surface area contributed by atoms with E-state index in [2.05, 4.69) is 9.97 Å². The second-order valence-electron chi connectivity index (χ2n) is 4.89. The third kappa shape index (κ3) is 2.86. The highest BCUT2D eigenvalue weighted by molar-refractivity contribution is 7.21. The molecule has 0 aliphatic heterocycles. The van der Waals surface area contributed by atoms with Crippen LogP contribution in [0.4, 0.5) is 0 Å². The van der Waals surface area contributed by atoms with Gasteiger partial charge in [-0.25, -0.2) is 14.8 Å². The minimum absolute atomic E-state index is 0.212. The first-order chi connectivity index (χ1) is 11.7. The van der Waals surface area contributed by atoms with Gasteiger partial charge in [-0.1, -0.05) is 12.1 Å². The lowest BCUT2D eigenvalue weighted by Crippen LogP contribution is -1.89. The van der Waals surface area contributed by atoms with Crippen molar-refractivity contribution in [3.05, 3.63) is 58.2 Å². The molecule has 0 unspecified atom stereocenters. The Bertz CT molecular complexity index is 1030. The zero-order valence-corrected chi connectivity index (χ0v) is 13.8. The molecule has 0 aliphatic rings. The van der Waals surface area contributed by atoms with Crippen LogP contribution < -0.4 is 0 Å². The maximum atomic E-state index is 10.8. The SMILES string of the molecule is O=C(O)c1cnc(/C=C/c2ccc(-c3nc4ccccc4s3)o2)s1. The minimum atomic E-state index is -0.969. The number of benzene rings is 1. The van der Waals surface area contributed by atoms with Crippen molar-refractivity contribution in [2.45, 2.75) is 0 Å². The van der Waals surface area contributed by atoms with Crippen molar-refractivity contribution in [1.29, 1.82) is 0 Å². The molecule has 1 N–H and O–H groups in total. The fourth-order valence-electron chi connectivity index (χ4n) is 2.15. The smallest absolute Gasteiger partial charge is 0.347 e. The van der Waals surface area contributed by atoms with Crippen LogP contribution >= 0.6 is 22.7 Å². The molecule has 0 fully saturated rings. The average Bonchev–Trinajstić information content (AvgIpc) is 3.30. The molecule has 3 heterocycles. The van der Waals surface area contributed by atoms with E-state index in [1.807, 2.05) is 36.4 Å². The fourth-order valence-corrected chi connectivity index (χ4v) is 3.74. The van der Waals surface area contributed by atoms with Crippen molar-refractivity contribution in [2.75, 3.05) is 0 Å². The van der Waals surface area contributed by atoms with Crippen molar-refractivity contribution >= 4 is 51.0 Å². The number of furan rings is 1. The average molecular weight is 354 g/mol. The topological polar surface area (TPSA) is 76.2 Å². The molecule has 0 spiro atoms. The lowest BCUT2D eigenvalue weighted by molar-refractivity contribution is 0.0702. The number of carboxylic acids is 1. The summed E-state index contributed by atoms with van der Waals surface area (Å²) >= 11 is 2.70. The van der Waals surface area contributed by atoms with Crippen LogP contribution in [0.15, 0.2) is 47.0 Å². The molecule has 0 saturated carbocycles. The van der Waals surface area contributed by atoms with Crippen molar-refractivity contribution in [2.24, 2.45) is 0 Å². The number of thiazole rings is 2. The highest BCUT2D eigenvalue weighted by atomic mass is 32.1. The third-order valence-corrected chi connectivity index (χ3v) is 5.26. The van der Waals surface area contributed by atoms with Gasteiger partial charge in [-0.05, 0) is 36.4 Å². The van der Waals surface area contributed by atoms with Crippen LogP contribution in [-0.4, -0.2) is 21.0 Å². The first-order valence-corrected chi connectivity index (χ1v) is 8.65. The number of fused-ring (bicyclic) bond motifs is 1. The van der Waals surface area contributed by atoms with Gasteiger partial charge >= 0.3 is 5.97 Å². The van der Waals surface area contributed by atoms with Crippen LogP contribution in [-0.2, 0) is 0 Å². The van der Waals surface area contributed by atoms with E-state index < -0.39 is 5.97 Å². The van der Waals surface area contributed by atoms with Crippen molar-refractivity contribution in [3.63, 3.8) is 0 Å². The van der Waals surface area contributed by atoms with Gasteiger partial charge < -0.3 is 9.52 Å². The van der Waals surface area contributed by atoms with Gasteiger partial charge in [0.15, 0.2) is 10.8 Å². The van der Waals surface area contributed by atoms with Gasteiger partial charge in [0.2, 0.25) is 0 Å². The van der Waals surface area contributed by atoms with Crippen molar-refractivity contribution < 1.29 is 14.3 Å². The third-order valence-electron chi connectivity index (χ3n) is 3.26. The van der Waals surface area contributed by atoms with Gasteiger partial charge in [0, 0.05) is 0 Å². The van der Waals surface area contributed by atoms with Crippen LogP contribution in [0.3, 0.4) is 0 Å². The number of carbonyl (C=O) groups is 1. The highest BCUT2D eigenvalue weighted by Crippen LogP contribution is 2.31. The van der Waals surface area contributed by atoms with Gasteiger partial charge in [-0.2, -0.15) is 0 Å². The van der Waals surface area contributed by atoms with E-state index in [4.69, 9.17) is 9.52 Å². The fraction of sp³-hybridized carbons (Fsp3) is 0. The summed E-state index contributed by atoms with van der Waals surface area (Å²) in [4.78, 5) is 19.7. The summed E-state index contributed by atoms with van der Waals surface area (Å²) in [5.41, 5.74) is 0.954. The van der Waals surface area contributed by atoms with Crippen LogP contribution in [0.25, 0.3) is 33.1 Å². The van der Waals surface area contributed by atoms with Gasteiger partial charge in [-0.3, -0.25) is 0 Å². The number of para-hydroxylation sites is 1. The molecule has 4 aromatic rings. The molecule has 0 bridgehead atoms. The Morgan fingerprint density at radius 1 is 1.12 bits per heavy atom. The molecule has 0 aliphatic carbocycles. The molecule has 0 radical (unpaired) electrons. The normalized spacial score (nSPS) is 11.5. The molecule has 1 aromatic carbocycles. The largest absolute Gasteiger partial charge is 0.477 e. The summed E-state index contributed by atoms with van der Waals surface area (Å²) < 4.78 is 6.91. The van der Waals surface area contributed by atoms with Gasteiger partial charge in [-0.15, -0.1) is 22.7 Å². The molecule has 24 heavy (non-hydrogen) atoms. The Balaban J connectivity index is 1.57. The maximum Gasteiger partial charge on any atom is 0.347 e. The summed E-state index contributed by atoms with van der Waals surface area (Å²) in [6, 6.07) is 11.7. The number of hydrogen-bond acceptors (Lipinski definition) is 6. The van der Waals surface area contributed by atoms with Crippen LogP contribution in [0.2, 0.25) is 0 Å². The molecule has 7 heteroatoms. The van der Waals surface area contributed by atoms with E-state index in [0.29, 0.717) is 16.5 Å². The predicted molar refractivity (Wildman–Crippen MR) is 95.3 cm³/mol. The summed E-state index contributed by atoms with van der Waals surface area (Å²) in [5, 5.41) is 10.3. The number of hydrogen-bond donors (Lipinski definition) is 1. The predicted octanol–water partition coefficient (Wildman–Crippen LogP) is 4.88. The van der Waals surface area contributed by atoms with E-state index >= 15 is 0 Å². The zero-order chi connectivity index (χ0) is 16.5. The van der Waals surface area contributed by atoms with Crippen LogP contribution in [0.1, 0.15) is 20.4 Å². The van der Waals surface area contributed by atoms with E-state index in [1.165, 1.54) is 6.20 Å². The first-order valence-electron chi connectivity index (χ1n) is 7.02. The molecular weight excluding hydrogens is 344 g/mol. The van der Waals surface area contributed by atoms with E-state index in [0.717, 1.165) is 26.6 Å². The highest BCUT2D eigenvalue weighted by Gasteiger charge is 2.10. The van der Waals surface area contributed by atoms with Crippen LogP contribution in [0, 0.1) is 0 Å². The van der Waals surface area contributed by atoms with E-state index in [-0.39, 0.29) is 4.88 Å². The molecule has 118 valence electrons. The molecule has 4 rings (SSSR count). The molecular formula is C17H10N2O3S2. The number of aromatic nitrogens is 2. The van der Waals surface area contributed by atoms with Gasteiger partial charge in [0.25, 0.3) is 0 Å². The Morgan fingerprint density at radius 3 is 2.79 bits per heavy atom. The number of aromatic carboxylic acids is 1. The number of carboxylic acid groups (broad SMARTS) is 1. The van der Waals surface area contributed by atoms with E-state index in [9.17, 15) is 4.79 Å². The van der Waals surface area contributed by atoms with Crippen molar-refractivity contribution in [3.8, 4) is 10.8 Å². The Labute approximate surface area is 144 Å². The number of nitrogens with zero attached hydrogens (tertiary/aromatic N) is 2. The lowest BCUT2D eigenvalue weighted by Gasteiger charge is -1.88. The molecule has 3 aromatic heterocycles. The summed E-state index contributed by atoms with van der Waals surface area (Å²) in [7, 11) is 0. The number of rotatable bonds is 4. The lowest BCUT2D eigenvalue weighted by atomic mass is 10.3. The second kappa shape index (κ2) is 6.03. The molecule has 0 atom stereocenters. The maximum absolute atomic E-state index is 10.8. The Hall–Kier alpha value is -2.77. The van der Waals surface area contributed by atoms with Gasteiger partial charge in [0.1, 0.15) is 15.6 Å². The Kier molecular flexibility index (Phi) is 3.72. The van der Waals surface area contributed by atoms with Crippen LogP contribution in [0.5, 0.6) is 0 Å². The van der Waals surface area contributed by atoms with Gasteiger partial charge in [0.05, 0.1) is 16.4 Å². The first kappa shape index (κ1) is 14.8. The summed E-state index contributed by atoms with van der Waals surface area (Å²) in [6.07, 6.45) is 4.85. The molecule has 0 amide bonds. The molecule has 5 nitrogen and oxygen atoms in total. The quantitative estimate of drug-likeness (QED) is 0.565. The minimum Gasteiger partial charge on any atom is -0.477 e. The van der Waals surface area contributed by atoms with Crippen molar-refractivity contribution in [1.82, 2.24) is 9.97 Å². The standard InChI is InChI=1S/C17H10N2O3S2/c20-17(21)14-9-18-15(23-14)8-6-10-5-7-12(22-10)16-19-11-3-1-2-4-13(11)24-16/h1-9H,(H,20,21)/b8-6+. The van der Waals surface area contributed by atoms with E-state index in [1.54, 1.807) is 23.5 Å². The zero-order valence-electron chi connectivity index (χ0n) is 12.2. The summed E-state index contributed by atoms with van der Waals surface area (Å²) in [5.74, 6) is 0.404. The monoisotopic (exact) mass is 354 g/mol.